The molecule has 0 bridgehead atoms. The van der Waals surface area contributed by atoms with Crippen LogP contribution in [0.1, 0.15) is 50.5 Å². The summed E-state index contributed by atoms with van der Waals surface area (Å²) < 4.78 is 5.05. The van der Waals surface area contributed by atoms with Gasteiger partial charge in [0, 0.05) is 11.6 Å². The second-order valence-electron chi connectivity index (χ2n) is 4.33. The third-order valence-electron chi connectivity index (χ3n) is 3.57. The van der Waals surface area contributed by atoms with Crippen LogP contribution in [-0.2, 0) is 0 Å². The van der Waals surface area contributed by atoms with Crippen molar-refractivity contribution in [3.8, 4) is 0 Å². The highest BCUT2D eigenvalue weighted by Gasteiger charge is 2.38. The fourth-order valence-corrected chi connectivity index (χ4v) is 2.38. The van der Waals surface area contributed by atoms with Crippen molar-refractivity contribution in [3.05, 3.63) is 17.5 Å². The summed E-state index contributed by atoms with van der Waals surface area (Å²) in [6.45, 7) is 6.70. The summed E-state index contributed by atoms with van der Waals surface area (Å²) in [5.41, 5.74) is 2.41. The zero-order valence-corrected chi connectivity index (χ0v) is 9.32. The lowest BCUT2D eigenvalue weighted by Crippen LogP contribution is -2.24. The SMILES string of the molecule is CCC(C)C1c2conc2C(C)N1C. The van der Waals surface area contributed by atoms with Gasteiger partial charge >= 0.3 is 0 Å². The first-order valence-corrected chi connectivity index (χ1v) is 5.32. The second kappa shape index (κ2) is 3.39. The van der Waals surface area contributed by atoms with Crippen LogP contribution in [0.4, 0.5) is 0 Å². The van der Waals surface area contributed by atoms with E-state index in [2.05, 4.69) is 37.9 Å². The first kappa shape index (κ1) is 9.71. The van der Waals surface area contributed by atoms with Gasteiger partial charge < -0.3 is 4.52 Å². The van der Waals surface area contributed by atoms with E-state index in [9.17, 15) is 0 Å². The zero-order chi connectivity index (χ0) is 10.3. The van der Waals surface area contributed by atoms with Gasteiger partial charge in [-0.15, -0.1) is 0 Å². The maximum atomic E-state index is 5.05. The molecular weight excluding hydrogens is 176 g/mol. The van der Waals surface area contributed by atoms with Crippen molar-refractivity contribution in [2.24, 2.45) is 5.92 Å². The quantitative estimate of drug-likeness (QED) is 0.725. The molecule has 0 saturated heterocycles. The van der Waals surface area contributed by atoms with Gasteiger partial charge in [-0.1, -0.05) is 25.4 Å². The number of fused-ring (bicyclic) bond motifs is 1. The van der Waals surface area contributed by atoms with Gasteiger partial charge in [-0.3, -0.25) is 4.90 Å². The first-order valence-electron chi connectivity index (χ1n) is 5.32. The molecule has 1 aromatic rings. The van der Waals surface area contributed by atoms with Gasteiger partial charge in [0.15, 0.2) is 0 Å². The predicted octanol–water partition coefficient (Wildman–Crippen LogP) is 2.77. The molecule has 1 aliphatic heterocycles. The summed E-state index contributed by atoms with van der Waals surface area (Å²) in [6.07, 6.45) is 3.00. The minimum absolute atomic E-state index is 0.391. The van der Waals surface area contributed by atoms with E-state index < -0.39 is 0 Å². The Hall–Kier alpha value is -0.830. The van der Waals surface area contributed by atoms with E-state index in [4.69, 9.17) is 4.52 Å². The Morgan fingerprint density at radius 1 is 1.64 bits per heavy atom. The topological polar surface area (TPSA) is 29.3 Å². The van der Waals surface area contributed by atoms with Crippen molar-refractivity contribution in [2.45, 2.75) is 39.3 Å². The van der Waals surface area contributed by atoms with Gasteiger partial charge in [-0.05, 0) is 19.9 Å². The van der Waals surface area contributed by atoms with Crippen LogP contribution in [0.3, 0.4) is 0 Å². The molecular formula is C11H18N2O. The zero-order valence-electron chi connectivity index (χ0n) is 9.32. The summed E-state index contributed by atoms with van der Waals surface area (Å²) >= 11 is 0. The average Bonchev–Trinajstić information content (AvgIpc) is 2.72. The van der Waals surface area contributed by atoms with Crippen molar-refractivity contribution in [2.75, 3.05) is 7.05 Å². The lowest BCUT2D eigenvalue weighted by molar-refractivity contribution is 0.156. The molecule has 78 valence electrons. The third-order valence-corrected chi connectivity index (χ3v) is 3.57. The van der Waals surface area contributed by atoms with E-state index in [0.29, 0.717) is 18.0 Å². The molecule has 1 aromatic heterocycles. The number of hydrogen-bond donors (Lipinski definition) is 0. The Labute approximate surface area is 85.1 Å². The van der Waals surface area contributed by atoms with Crippen molar-refractivity contribution < 1.29 is 4.52 Å². The molecule has 0 amide bonds. The lowest BCUT2D eigenvalue weighted by Gasteiger charge is -2.28. The Kier molecular flexibility index (Phi) is 2.35. The van der Waals surface area contributed by atoms with Crippen molar-refractivity contribution in [3.63, 3.8) is 0 Å². The van der Waals surface area contributed by atoms with Crippen LogP contribution in [0.5, 0.6) is 0 Å². The molecule has 0 spiro atoms. The van der Waals surface area contributed by atoms with E-state index in [0.717, 1.165) is 5.69 Å². The van der Waals surface area contributed by atoms with Crippen LogP contribution in [0.15, 0.2) is 10.8 Å². The van der Waals surface area contributed by atoms with Gasteiger partial charge in [0.1, 0.15) is 12.0 Å². The Morgan fingerprint density at radius 2 is 2.36 bits per heavy atom. The van der Waals surface area contributed by atoms with E-state index in [1.807, 2.05) is 6.26 Å². The van der Waals surface area contributed by atoms with Crippen LogP contribution < -0.4 is 0 Å². The van der Waals surface area contributed by atoms with E-state index in [1.165, 1.54) is 12.0 Å². The number of hydrogen-bond acceptors (Lipinski definition) is 3. The van der Waals surface area contributed by atoms with Crippen molar-refractivity contribution in [1.82, 2.24) is 10.1 Å². The fraction of sp³-hybridized carbons (Fsp3) is 0.727. The largest absolute Gasteiger partial charge is 0.364 e. The molecule has 3 heteroatoms. The van der Waals surface area contributed by atoms with Crippen molar-refractivity contribution >= 4 is 0 Å². The summed E-state index contributed by atoms with van der Waals surface area (Å²) in [6, 6.07) is 0.874. The second-order valence-corrected chi connectivity index (χ2v) is 4.33. The summed E-state index contributed by atoms with van der Waals surface area (Å²) in [5.74, 6) is 0.656. The van der Waals surface area contributed by atoms with E-state index in [1.54, 1.807) is 0 Å². The maximum absolute atomic E-state index is 5.05. The summed E-state index contributed by atoms with van der Waals surface area (Å²) in [5, 5.41) is 4.08. The van der Waals surface area contributed by atoms with Gasteiger partial charge in [-0.2, -0.15) is 0 Å². The molecule has 0 fully saturated rings. The monoisotopic (exact) mass is 194 g/mol. The van der Waals surface area contributed by atoms with Gasteiger partial charge in [0.05, 0.1) is 6.04 Å². The smallest absolute Gasteiger partial charge is 0.128 e. The minimum Gasteiger partial charge on any atom is -0.364 e. The molecule has 1 aliphatic rings. The molecule has 0 saturated carbocycles. The average molecular weight is 194 g/mol. The van der Waals surface area contributed by atoms with Crippen molar-refractivity contribution in [1.29, 1.82) is 0 Å². The normalized spacial score (nSPS) is 29.1. The fourth-order valence-electron chi connectivity index (χ4n) is 2.38. The minimum atomic E-state index is 0.391. The summed E-state index contributed by atoms with van der Waals surface area (Å²) in [7, 11) is 2.17. The van der Waals surface area contributed by atoms with Crippen LogP contribution in [0.25, 0.3) is 0 Å². The highest BCUT2D eigenvalue weighted by Crippen LogP contribution is 2.44. The number of rotatable bonds is 2. The van der Waals surface area contributed by atoms with Crippen LogP contribution in [-0.4, -0.2) is 17.1 Å². The number of nitrogens with zero attached hydrogens (tertiary/aromatic N) is 2. The Morgan fingerprint density at radius 3 is 3.00 bits per heavy atom. The maximum Gasteiger partial charge on any atom is 0.128 e. The molecule has 14 heavy (non-hydrogen) atoms. The molecule has 3 atom stereocenters. The van der Waals surface area contributed by atoms with Crippen LogP contribution in [0.2, 0.25) is 0 Å². The molecule has 3 unspecified atom stereocenters. The standard InChI is InChI=1S/C11H18N2O/c1-5-7(2)11-9-6-14-12-10(9)8(3)13(11)4/h6-8,11H,5H2,1-4H3. The van der Waals surface area contributed by atoms with Gasteiger partial charge in [0.2, 0.25) is 0 Å². The predicted molar refractivity (Wildman–Crippen MR) is 54.9 cm³/mol. The molecule has 0 radical (unpaired) electrons. The molecule has 2 rings (SSSR count). The number of aromatic nitrogens is 1. The molecule has 3 nitrogen and oxygen atoms in total. The van der Waals surface area contributed by atoms with E-state index in [-0.39, 0.29) is 0 Å². The molecule has 0 aliphatic carbocycles. The molecule has 0 N–H and O–H groups in total. The third kappa shape index (κ3) is 1.19. The highest BCUT2D eigenvalue weighted by atomic mass is 16.5. The lowest BCUT2D eigenvalue weighted by atomic mass is 9.95. The van der Waals surface area contributed by atoms with Gasteiger partial charge in [0.25, 0.3) is 0 Å². The molecule has 2 heterocycles. The first-order chi connectivity index (χ1) is 6.66. The Balaban J connectivity index is 2.35. The molecule has 0 aromatic carbocycles. The van der Waals surface area contributed by atoms with Gasteiger partial charge in [-0.25, -0.2) is 0 Å². The highest BCUT2D eigenvalue weighted by molar-refractivity contribution is 5.28. The van der Waals surface area contributed by atoms with E-state index >= 15 is 0 Å². The summed E-state index contributed by atoms with van der Waals surface area (Å²) in [4.78, 5) is 2.39. The van der Waals surface area contributed by atoms with Crippen LogP contribution in [0, 0.1) is 5.92 Å². The van der Waals surface area contributed by atoms with Crippen LogP contribution >= 0.6 is 0 Å². The Bertz CT molecular complexity index is 321.